The normalized spacial score (nSPS) is 12.7. The summed E-state index contributed by atoms with van der Waals surface area (Å²) < 4.78 is 10.8. The van der Waals surface area contributed by atoms with Gasteiger partial charge in [0.25, 0.3) is 0 Å². The molecule has 0 aliphatic heterocycles. The molecular weight excluding hydrogens is 300 g/mol. The van der Waals surface area contributed by atoms with Gasteiger partial charge in [0, 0.05) is 6.07 Å². The molecule has 0 aliphatic rings. The van der Waals surface area contributed by atoms with Crippen molar-refractivity contribution in [1.82, 2.24) is 0 Å². The third-order valence-electron chi connectivity index (χ3n) is 2.75. The first-order chi connectivity index (χ1) is 8.58. The Balaban J connectivity index is 2.85. The standard InChI is InChI=1S/C13H13BrO4/c1-7(14)12-5-10(16)8-3-4-11(17-2)9(6-15)13(8)18-12/h3-5,7,15H,6H2,1-2H3. The number of aliphatic hydroxyl groups excluding tert-OH is 1. The average Bonchev–Trinajstić information content (AvgIpc) is 2.36. The van der Waals surface area contributed by atoms with Gasteiger partial charge in [0.2, 0.25) is 0 Å². The lowest BCUT2D eigenvalue weighted by Gasteiger charge is -2.10. The number of benzene rings is 1. The van der Waals surface area contributed by atoms with Crippen LogP contribution in [0.3, 0.4) is 0 Å². The summed E-state index contributed by atoms with van der Waals surface area (Å²) in [6, 6.07) is 4.75. The van der Waals surface area contributed by atoms with E-state index in [-0.39, 0.29) is 16.9 Å². The number of rotatable bonds is 3. The summed E-state index contributed by atoms with van der Waals surface area (Å²) in [5.74, 6) is 1.03. The van der Waals surface area contributed by atoms with Crippen molar-refractivity contribution < 1.29 is 14.3 Å². The van der Waals surface area contributed by atoms with E-state index in [1.165, 1.54) is 13.2 Å². The first-order valence-corrected chi connectivity index (χ1v) is 6.38. The lowest BCUT2D eigenvalue weighted by Crippen LogP contribution is -2.05. The minimum absolute atomic E-state index is 0.0765. The predicted octanol–water partition coefficient (Wildman–Crippen LogP) is 2.75. The van der Waals surface area contributed by atoms with Crippen LogP contribution >= 0.6 is 15.9 Å². The summed E-state index contributed by atoms with van der Waals surface area (Å²) in [7, 11) is 1.51. The second-order valence-corrected chi connectivity index (χ2v) is 5.28. The lowest BCUT2D eigenvalue weighted by molar-refractivity contribution is 0.273. The van der Waals surface area contributed by atoms with Crippen molar-refractivity contribution in [2.75, 3.05) is 7.11 Å². The van der Waals surface area contributed by atoms with E-state index in [2.05, 4.69) is 15.9 Å². The summed E-state index contributed by atoms with van der Waals surface area (Å²) in [4.78, 5) is 11.9. The maximum Gasteiger partial charge on any atom is 0.193 e. The minimum atomic E-state index is -0.246. The van der Waals surface area contributed by atoms with Gasteiger partial charge in [-0.25, -0.2) is 0 Å². The van der Waals surface area contributed by atoms with Gasteiger partial charge in [-0.1, -0.05) is 15.9 Å². The summed E-state index contributed by atoms with van der Waals surface area (Å²) in [5, 5.41) is 9.86. The van der Waals surface area contributed by atoms with Crippen LogP contribution in [0.4, 0.5) is 0 Å². The van der Waals surface area contributed by atoms with Crippen LogP contribution in [0.5, 0.6) is 5.75 Å². The highest BCUT2D eigenvalue weighted by Gasteiger charge is 2.15. The quantitative estimate of drug-likeness (QED) is 0.885. The van der Waals surface area contributed by atoms with Crippen LogP contribution in [0.25, 0.3) is 11.0 Å². The summed E-state index contributed by atoms with van der Waals surface area (Å²) >= 11 is 3.36. The average molecular weight is 313 g/mol. The fourth-order valence-electron chi connectivity index (χ4n) is 1.81. The fraction of sp³-hybridized carbons (Fsp3) is 0.308. The number of ether oxygens (including phenoxy) is 1. The van der Waals surface area contributed by atoms with Gasteiger partial charge >= 0.3 is 0 Å². The van der Waals surface area contributed by atoms with E-state index < -0.39 is 0 Å². The zero-order valence-electron chi connectivity index (χ0n) is 10.1. The van der Waals surface area contributed by atoms with Crippen molar-refractivity contribution >= 4 is 26.9 Å². The Labute approximate surface area is 112 Å². The molecule has 0 amide bonds. The summed E-state index contributed by atoms with van der Waals surface area (Å²) in [6.45, 7) is 1.62. The molecular formula is C13H13BrO4. The predicted molar refractivity (Wildman–Crippen MR) is 72.3 cm³/mol. The van der Waals surface area contributed by atoms with E-state index in [1.807, 2.05) is 6.92 Å². The van der Waals surface area contributed by atoms with E-state index in [9.17, 15) is 9.90 Å². The van der Waals surface area contributed by atoms with Crippen LogP contribution < -0.4 is 10.2 Å². The Kier molecular flexibility index (Phi) is 3.73. The molecule has 0 saturated heterocycles. The molecule has 0 aliphatic carbocycles. The van der Waals surface area contributed by atoms with Crippen molar-refractivity contribution in [1.29, 1.82) is 0 Å². The highest BCUT2D eigenvalue weighted by Crippen LogP contribution is 2.30. The van der Waals surface area contributed by atoms with Gasteiger partial charge in [-0.05, 0) is 19.1 Å². The Hall–Kier alpha value is -1.33. The van der Waals surface area contributed by atoms with Gasteiger partial charge in [-0.3, -0.25) is 4.79 Å². The number of hydrogen-bond acceptors (Lipinski definition) is 4. The summed E-state index contributed by atoms with van der Waals surface area (Å²) in [6.07, 6.45) is 0. The largest absolute Gasteiger partial charge is 0.496 e. The number of fused-ring (bicyclic) bond motifs is 1. The zero-order valence-corrected chi connectivity index (χ0v) is 11.7. The first-order valence-electron chi connectivity index (χ1n) is 5.47. The smallest absolute Gasteiger partial charge is 0.193 e. The molecule has 5 heteroatoms. The van der Waals surface area contributed by atoms with Gasteiger partial charge < -0.3 is 14.3 Å². The van der Waals surface area contributed by atoms with E-state index in [0.717, 1.165) is 0 Å². The van der Waals surface area contributed by atoms with Gasteiger partial charge in [-0.15, -0.1) is 0 Å². The Bertz CT molecular complexity index is 631. The molecule has 18 heavy (non-hydrogen) atoms. The highest BCUT2D eigenvalue weighted by atomic mass is 79.9. The molecule has 1 heterocycles. The highest BCUT2D eigenvalue weighted by molar-refractivity contribution is 9.09. The molecule has 1 atom stereocenters. The van der Waals surface area contributed by atoms with Gasteiger partial charge in [0.05, 0.1) is 29.5 Å². The summed E-state index contributed by atoms with van der Waals surface area (Å²) in [5.41, 5.74) is 0.739. The molecule has 4 nitrogen and oxygen atoms in total. The molecule has 2 rings (SSSR count). The van der Waals surface area contributed by atoms with Gasteiger partial charge in [-0.2, -0.15) is 0 Å². The number of halogens is 1. The van der Waals surface area contributed by atoms with Crippen LogP contribution in [0.1, 0.15) is 23.1 Å². The lowest BCUT2D eigenvalue weighted by atomic mass is 10.1. The van der Waals surface area contributed by atoms with Gasteiger partial charge in [0.1, 0.15) is 17.1 Å². The maximum absolute atomic E-state index is 12.0. The Morgan fingerprint density at radius 3 is 2.78 bits per heavy atom. The number of methoxy groups -OCH3 is 1. The van der Waals surface area contributed by atoms with Crippen LogP contribution in [-0.2, 0) is 6.61 Å². The zero-order chi connectivity index (χ0) is 13.3. The second-order valence-electron chi connectivity index (χ2n) is 3.91. The number of alkyl halides is 1. The molecule has 1 unspecified atom stereocenters. The second kappa shape index (κ2) is 5.12. The van der Waals surface area contributed by atoms with Crippen molar-refractivity contribution in [2.24, 2.45) is 0 Å². The third-order valence-corrected chi connectivity index (χ3v) is 3.20. The molecule has 0 saturated carbocycles. The van der Waals surface area contributed by atoms with E-state index >= 15 is 0 Å². The van der Waals surface area contributed by atoms with Gasteiger partial charge in [0.15, 0.2) is 5.43 Å². The molecule has 0 bridgehead atoms. The van der Waals surface area contributed by atoms with E-state index in [1.54, 1.807) is 12.1 Å². The van der Waals surface area contributed by atoms with Crippen LogP contribution in [-0.4, -0.2) is 12.2 Å². The van der Waals surface area contributed by atoms with E-state index in [0.29, 0.717) is 28.0 Å². The van der Waals surface area contributed by atoms with Crippen LogP contribution in [0.15, 0.2) is 27.4 Å². The van der Waals surface area contributed by atoms with E-state index in [4.69, 9.17) is 9.15 Å². The Morgan fingerprint density at radius 2 is 2.22 bits per heavy atom. The molecule has 1 aromatic heterocycles. The SMILES string of the molecule is COc1ccc2c(=O)cc(C(C)Br)oc2c1CO. The molecule has 0 spiro atoms. The topological polar surface area (TPSA) is 59.7 Å². The van der Waals surface area contributed by atoms with Crippen LogP contribution in [0, 0.1) is 0 Å². The van der Waals surface area contributed by atoms with Crippen molar-refractivity contribution in [3.05, 3.63) is 39.7 Å². The third kappa shape index (κ3) is 2.15. The molecule has 1 aromatic carbocycles. The maximum atomic E-state index is 12.0. The minimum Gasteiger partial charge on any atom is -0.496 e. The molecule has 0 radical (unpaired) electrons. The van der Waals surface area contributed by atoms with Crippen molar-refractivity contribution in [3.8, 4) is 5.75 Å². The van der Waals surface area contributed by atoms with Crippen molar-refractivity contribution in [2.45, 2.75) is 18.4 Å². The first kappa shape index (κ1) is 13.1. The molecule has 0 fully saturated rings. The monoisotopic (exact) mass is 312 g/mol. The Morgan fingerprint density at radius 1 is 1.50 bits per heavy atom. The van der Waals surface area contributed by atoms with Crippen molar-refractivity contribution in [3.63, 3.8) is 0 Å². The van der Waals surface area contributed by atoms with Crippen LogP contribution in [0.2, 0.25) is 0 Å². The molecule has 1 N–H and O–H groups in total. The number of aliphatic hydroxyl groups is 1. The molecule has 96 valence electrons. The molecule has 2 aromatic rings. The number of hydrogen-bond donors (Lipinski definition) is 1. The fourth-order valence-corrected chi connectivity index (χ4v) is 2.04.